The molecule has 0 radical (unpaired) electrons. The zero-order valence-electron chi connectivity index (χ0n) is 11.2. The molecule has 2 atom stereocenters. The number of aromatic nitrogens is 2. The van der Waals surface area contributed by atoms with Gasteiger partial charge in [-0.3, -0.25) is 0 Å². The number of imidazole rings is 1. The van der Waals surface area contributed by atoms with E-state index >= 15 is 0 Å². The van der Waals surface area contributed by atoms with Gasteiger partial charge in [-0.25, -0.2) is 4.98 Å². The van der Waals surface area contributed by atoms with E-state index in [-0.39, 0.29) is 6.10 Å². The molecule has 0 saturated carbocycles. The Morgan fingerprint density at radius 2 is 2.22 bits per heavy atom. The molecule has 2 unspecified atom stereocenters. The lowest BCUT2D eigenvalue weighted by Gasteiger charge is -2.31. The molecule has 3 rings (SSSR count). The van der Waals surface area contributed by atoms with Gasteiger partial charge in [-0.05, 0) is 32.9 Å². The van der Waals surface area contributed by atoms with E-state index in [4.69, 9.17) is 4.98 Å². The number of likely N-dealkylation sites (N-methyl/N-ethyl adjacent to an activating group) is 1. The summed E-state index contributed by atoms with van der Waals surface area (Å²) in [5.41, 5.74) is 1.21. The summed E-state index contributed by atoms with van der Waals surface area (Å²) >= 11 is 0. The van der Waals surface area contributed by atoms with Gasteiger partial charge in [0.25, 0.3) is 0 Å². The Hall–Kier alpha value is -0.870. The summed E-state index contributed by atoms with van der Waals surface area (Å²) in [6.45, 7) is 2.14. The molecule has 2 aliphatic rings. The van der Waals surface area contributed by atoms with E-state index in [0.717, 1.165) is 31.6 Å². The van der Waals surface area contributed by atoms with Crippen LogP contribution >= 0.6 is 0 Å². The molecule has 0 amide bonds. The monoisotopic (exact) mass is 249 g/mol. The summed E-state index contributed by atoms with van der Waals surface area (Å²) in [7, 11) is 2.23. The highest BCUT2D eigenvalue weighted by molar-refractivity contribution is 5.09. The lowest BCUT2D eigenvalue weighted by molar-refractivity contribution is 0.141. The van der Waals surface area contributed by atoms with E-state index in [1.165, 1.54) is 31.5 Å². The maximum absolute atomic E-state index is 9.67. The second-order valence-corrected chi connectivity index (χ2v) is 5.82. The second-order valence-electron chi connectivity index (χ2n) is 5.82. The molecule has 1 fully saturated rings. The first kappa shape index (κ1) is 12.2. The number of rotatable bonds is 2. The Morgan fingerprint density at radius 1 is 1.33 bits per heavy atom. The van der Waals surface area contributed by atoms with Crippen LogP contribution in [0.2, 0.25) is 0 Å². The van der Waals surface area contributed by atoms with Crippen LogP contribution in [0, 0.1) is 0 Å². The van der Waals surface area contributed by atoms with Gasteiger partial charge in [-0.15, -0.1) is 0 Å². The quantitative estimate of drug-likeness (QED) is 0.857. The van der Waals surface area contributed by atoms with Crippen LogP contribution in [0.15, 0.2) is 6.20 Å². The van der Waals surface area contributed by atoms with Crippen LogP contribution in [0.1, 0.15) is 37.2 Å². The van der Waals surface area contributed by atoms with Gasteiger partial charge in [0.1, 0.15) is 5.82 Å². The van der Waals surface area contributed by atoms with Crippen LogP contribution in [0.3, 0.4) is 0 Å². The van der Waals surface area contributed by atoms with Gasteiger partial charge in [-0.2, -0.15) is 0 Å². The maximum Gasteiger partial charge on any atom is 0.111 e. The van der Waals surface area contributed by atoms with Crippen LogP contribution < -0.4 is 0 Å². The number of aryl methyl sites for hydroxylation is 1. The van der Waals surface area contributed by atoms with Gasteiger partial charge in [0, 0.05) is 31.6 Å². The number of hydrogen-bond donors (Lipinski definition) is 1. The number of nitrogens with zero attached hydrogens (tertiary/aromatic N) is 3. The zero-order valence-corrected chi connectivity index (χ0v) is 11.2. The highest BCUT2D eigenvalue weighted by atomic mass is 16.3. The number of piperidine rings is 1. The van der Waals surface area contributed by atoms with Gasteiger partial charge in [0.2, 0.25) is 0 Å². The number of likely N-dealkylation sites (tertiary alicyclic amines) is 1. The average Bonchev–Trinajstić information content (AvgIpc) is 2.73. The average molecular weight is 249 g/mol. The third kappa shape index (κ3) is 2.45. The van der Waals surface area contributed by atoms with E-state index in [0.29, 0.717) is 6.04 Å². The van der Waals surface area contributed by atoms with Crippen molar-refractivity contribution in [3.8, 4) is 0 Å². The molecule has 2 aliphatic heterocycles. The highest BCUT2D eigenvalue weighted by Crippen LogP contribution is 2.21. The van der Waals surface area contributed by atoms with Crippen molar-refractivity contribution in [2.45, 2.75) is 57.2 Å². The Labute approximate surface area is 109 Å². The zero-order chi connectivity index (χ0) is 12.5. The minimum atomic E-state index is -0.190. The van der Waals surface area contributed by atoms with E-state index in [1.807, 2.05) is 0 Å². The molecule has 1 aromatic heterocycles. The number of fused-ring (bicyclic) bond motifs is 1. The molecule has 1 aromatic rings. The third-order valence-electron chi connectivity index (χ3n) is 4.40. The molecular formula is C14H23N3O. The fraction of sp³-hybridized carbons (Fsp3) is 0.786. The molecule has 3 heterocycles. The lowest BCUT2D eigenvalue weighted by Crippen LogP contribution is -2.37. The Balaban J connectivity index is 1.69. The third-order valence-corrected chi connectivity index (χ3v) is 4.40. The molecule has 18 heavy (non-hydrogen) atoms. The van der Waals surface area contributed by atoms with Gasteiger partial charge >= 0.3 is 0 Å². The fourth-order valence-electron chi connectivity index (χ4n) is 3.21. The van der Waals surface area contributed by atoms with Crippen LogP contribution in [-0.4, -0.2) is 45.3 Å². The van der Waals surface area contributed by atoms with Gasteiger partial charge in [0.05, 0.1) is 11.8 Å². The highest BCUT2D eigenvalue weighted by Gasteiger charge is 2.23. The Morgan fingerprint density at radius 3 is 3.06 bits per heavy atom. The van der Waals surface area contributed by atoms with Crippen molar-refractivity contribution in [1.82, 2.24) is 14.5 Å². The van der Waals surface area contributed by atoms with Gasteiger partial charge in [0.15, 0.2) is 0 Å². The fourth-order valence-corrected chi connectivity index (χ4v) is 3.21. The molecule has 0 aromatic carbocycles. The van der Waals surface area contributed by atoms with Gasteiger partial charge < -0.3 is 14.6 Å². The minimum absolute atomic E-state index is 0.190. The van der Waals surface area contributed by atoms with E-state index in [9.17, 15) is 5.11 Å². The largest absolute Gasteiger partial charge is 0.393 e. The van der Waals surface area contributed by atoms with Crippen LogP contribution in [-0.2, 0) is 19.4 Å². The minimum Gasteiger partial charge on any atom is -0.393 e. The van der Waals surface area contributed by atoms with E-state index in [1.54, 1.807) is 0 Å². The Kier molecular flexibility index (Phi) is 3.39. The second kappa shape index (κ2) is 5.02. The van der Waals surface area contributed by atoms with Crippen molar-refractivity contribution in [1.29, 1.82) is 0 Å². The predicted octanol–water partition coefficient (Wildman–Crippen LogP) is 1.22. The van der Waals surface area contributed by atoms with Crippen molar-refractivity contribution < 1.29 is 5.11 Å². The first-order valence-corrected chi connectivity index (χ1v) is 7.15. The van der Waals surface area contributed by atoms with Crippen molar-refractivity contribution in [2.24, 2.45) is 0 Å². The van der Waals surface area contributed by atoms with Crippen molar-refractivity contribution in [3.63, 3.8) is 0 Å². The number of hydrogen-bond acceptors (Lipinski definition) is 3. The molecule has 0 aliphatic carbocycles. The molecule has 1 N–H and O–H groups in total. The normalized spacial score (nSPS) is 29.2. The molecular weight excluding hydrogens is 226 g/mol. The van der Waals surface area contributed by atoms with Gasteiger partial charge in [-0.1, -0.05) is 6.42 Å². The molecule has 4 heteroatoms. The van der Waals surface area contributed by atoms with Crippen molar-refractivity contribution in [3.05, 3.63) is 17.7 Å². The van der Waals surface area contributed by atoms with Crippen LogP contribution in [0.4, 0.5) is 0 Å². The molecule has 0 bridgehead atoms. The summed E-state index contributed by atoms with van der Waals surface area (Å²) < 4.78 is 2.23. The molecule has 100 valence electrons. The standard InChI is InChI=1S/C14H23N3O/c1-16-6-3-2-4-12(16)8-11-10-17-7-5-13(18)9-14(17)15-11/h10,12-13,18H,2-9H2,1H3. The maximum atomic E-state index is 9.67. The first-order chi connectivity index (χ1) is 8.72. The van der Waals surface area contributed by atoms with Crippen LogP contribution in [0.25, 0.3) is 0 Å². The first-order valence-electron chi connectivity index (χ1n) is 7.15. The summed E-state index contributed by atoms with van der Waals surface area (Å²) in [5, 5.41) is 9.67. The predicted molar refractivity (Wildman–Crippen MR) is 70.5 cm³/mol. The summed E-state index contributed by atoms with van der Waals surface area (Å²) in [5.74, 6) is 1.07. The van der Waals surface area contributed by atoms with Crippen molar-refractivity contribution >= 4 is 0 Å². The number of aliphatic hydroxyl groups excluding tert-OH is 1. The van der Waals surface area contributed by atoms with Crippen molar-refractivity contribution in [2.75, 3.05) is 13.6 Å². The Bertz CT molecular complexity index is 415. The number of aliphatic hydroxyl groups is 1. The van der Waals surface area contributed by atoms with E-state index in [2.05, 4.69) is 22.7 Å². The summed E-state index contributed by atoms with van der Waals surface area (Å²) in [6.07, 6.45) is 8.63. The van der Waals surface area contributed by atoms with E-state index < -0.39 is 0 Å². The SMILES string of the molecule is CN1CCCCC1Cc1cn2c(n1)CC(O)CC2. The molecule has 0 spiro atoms. The summed E-state index contributed by atoms with van der Waals surface area (Å²) in [6, 6.07) is 0.653. The molecule has 1 saturated heterocycles. The van der Waals surface area contributed by atoms with Crippen LogP contribution in [0.5, 0.6) is 0 Å². The molecule has 4 nitrogen and oxygen atoms in total. The topological polar surface area (TPSA) is 41.3 Å². The smallest absolute Gasteiger partial charge is 0.111 e. The lowest BCUT2D eigenvalue weighted by atomic mass is 9.99. The summed E-state index contributed by atoms with van der Waals surface area (Å²) in [4.78, 5) is 7.17.